The number of aromatic nitrogens is 2. The van der Waals surface area contributed by atoms with Crippen molar-refractivity contribution in [2.24, 2.45) is 0 Å². The monoisotopic (exact) mass is 353 g/mol. The molecule has 1 heterocycles. The molecule has 3 nitrogen and oxygen atoms in total. The molecule has 3 rings (SSSR count). The lowest BCUT2D eigenvalue weighted by Gasteiger charge is -2.20. The molecule has 0 amide bonds. The Labute approximate surface area is 155 Å². The number of rotatable bonds is 6. The fourth-order valence-corrected chi connectivity index (χ4v) is 2.51. The van der Waals surface area contributed by atoms with Crippen LogP contribution in [0, 0.1) is 0 Å². The van der Waals surface area contributed by atoms with Crippen molar-refractivity contribution in [1.82, 2.24) is 9.55 Å². The van der Waals surface area contributed by atoms with E-state index in [0.717, 1.165) is 0 Å². The van der Waals surface area contributed by atoms with E-state index in [1.807, 2.05) is 0 Å². The molecule has 0 saturated carbocycles. The SMILES string of the molecule is [2H]c1c([2H])c([2H])c(C([2H])([2H])OC(Cn2ccnc2)c2ccc(Cl)cc2Cl)c([2H])c1[2H]. The summed E-state index contributed by atoms with van der Waals surface area (Å²) >= 11 is 12.3. The van der Waals surface area contributed by atoms with Gasteiger partial charge in [0.25, 0.3) is 0 Å². The van der Waals surface area contributed by atoms with Gasteiger partial charge in [0.05, 0.1) is 29.0 Å². The van der Waals surface area contributed by atoms with Crippen molar-refractivity contribution in [3.63, 3.8) is 0 Å². The van der Waals surface area contributed by atoms with Crippen LogP contribution >= 0.6 is 23.2 Å². The minimum Gasteiger partial charge on any atom is -0.367 e. The van der Waals surface area contributed by atoms with Gasteiger partial charge in [0, 0.05) is 28.0 Å². The van der Waals surface area contributed by atoms with E-state index in [9.17, 15) is 0 Å². The molecule has 0 fully saturated rings. The molecule has 0 saturated heterocycles. The van der Waals surface area contributed by atoms with Gasteiger partial charge in [-0.1, -0.05) is 59.5 Å². The van der Waals surface area contributed by atoms with Gasteiger partial charge in [-0.2, -0.15) is 0 Å². The van der Waals surface area contributed by atoms with Crippen molar-refractivity contribution in [2.45, 2.75) is 19.2 Å². The first-order valence-electron chi connectivity index (χ1n) is 10.2. The maximum atomic E-state index is 8.42. The Bertz CT molecular complexity index is 1050. The lowest BCUT2D eigenvalue weighted by molar-refractivity contribution is 0.0280. The molecular formula is C18H16Cl2N2O. The summed E-state index contributed by atoms with van der Waals surface area (Å²) in [6.07, 6.45) is 3.74. The molecule has 3 aromatic rings. The minimum absolute atomic E-state index is 0.111. The Morgan fingerprint density at radius 2 is 2.09 bits per heavy atom. The lowest BCUT2D eigenvalue weighted by atomic mass is 10.1. The second-order valence-corrected chi connectivity index (χ2v) is 5.48. The molecule has 0 spiro atoms. The Morgan fingerprint density at radius 3 is 2.78 bits per heavy atom. The molecule has 1 atom stereocenters. The van der Waals surface area contributed by atoms with Crippen LogP contribution in [0.2, 0.25) is 10.0 Å². The van der Waals surface area contributed by atoms with Crippen LogP contribution in [0.3, 0.4) is 0 Å². The molecule has 23 heavy (non-hydrogen) atoms. The highest BCUT2D eigenvalue weighted by atomic mass is 35.5. The van der Waals surface area contributed by atoms with E-state index in [1.54, 1.807) is 29.1 Å². The summed E-state index contributed by atoms with van der Waals surface area (Å²) in [5.74, 6) is 0. The average Bonchev–Trinajstić information content (AvgIpc) is 3.17. The summed E-state index contributed by atoms with van der Waals surface area (Å²) in [6, 6.07) is 1.41. The molecule has 0 bridgehead atoms. The van der Waals surface area contributed by atoms with Crippen molar-refractivity contribution in [3.8, 4) is 0 Å². The first-order chi connectivity index (χ1) is 14.0. The molecular weight excluding hydrogens is 331 g/mol. The zero-order valence-electron chi connectivity index (χ0n) is 18.8. The van der Waals surface area contributed by atoms with Crippen LogP contribution in [0.4, 0.5) is 0 Å². The molecule has 0 aliphatic rings. The number of imidazole rings is 1. The standard InChI is InChI=1S/C18H16Cl2N2O/c19-15-6-7-16(17(20)10-15)18(11-22-9-8-21-13-22)23-12-14-4-2-1-3-5-14/h1-10,13,18H,11-12H2/i1D,2D,3D,4D,5D,12D2. The molecule has 2 aromatic carbocycles. The molecule has 1 unspecified atom stereocenters. The number of benzene rings is 2. The summed E-state index contributed by atoms with van der Waals surface area (Å²) < 4.78 is 63.6. The number of hydrogen-bond donors (Lipinski definition) is 0. The predicted molar refractivity (Wildman–Crippen MR) is 92.7 cm³/mol. The molecule has 0 N–H and O–H groups in total. The van der Waals surface area contributed by atoms with E-state index in [-0.39, 0.29) is 11.6 Å². The van der Waals surface area contributed by atoms with Crippen LogP contribution in [0.5, 0.6) is 0 Å². The molecule has 5 heteroatoms. The fraction of sp³-hybridized carbons (Fsp3) is 0.167. The van der Waals surface area contributed by atoms with Crippen molar-refractivity contribution in [3.05, 3.63) is 88.3 Å². The summed E-state index contributed by atoms with van der Waals surface area (Å²) in [5, 5.41) is 0.628. The number of hydrogen-bond acceptors (Lipinski definition) is 2. The molecule has 1 aromatic heterocycles. The van der Waals surface area contributed by atoms with Crippen molar-refractivity contribution >= 4 is 23.2 Å². The van der Waals surface area contributed by atoms with E-state index < -0.39 is 48.4 Å². The van der Waals surface area contributed by atoms with Gasteiger partial charge in [-0.3, -0.25) is 0 Å². The van der Waals surface area contributed by atoms with Crippen molar-refractivity contribution < 1.29 is 14.3 Å². The van der Waals surface area contributed by atoms with Gasteiger partial charge in [-0.05, 0) is 17.7 Å². The highest BCUT2D eigenvalue weighted by molar-refractivity contribution is 6.35. The fourth-order valence-electron chi connectivity index (χ4n) is 1.98. The number of halogens is 2. The average molecular weight is 354 g/mol. The molecule has 0 aliphatic heterocycles. The third-order valence-electron chi connectivity index (χ3n) is 3.05. The van der Waals surface area contributed by atoms with Gasteiger partial charge in [0.15, 0.2) is 0 Å². The van der Waals surface area contributed by atoms with Gasteiger partial charge >= 0.3 is 0 Å². The predicted octanol–water partition coefficient (Wildman–Crippen LogP) is 5.15. The topological polar surface area (TPSA) is 27.1 Å². The van der Waals surface area contributed by atoms with Gasteiger partial charge in [-0.25, -0.2) is 4.98 Å². The van der Waals surface area contributed by atoms with Crippen LogP contribution < -0.4 is 0 Å². The second-order valence-electron chi connectivity index (χ2n) is 4.63. The Balaban J connectivity index is 2.08. The van der Waals surface area contributed by atoms with Crippen LogP contribution in [-0.4, -0.2) is 9.55 Å². The van der Waals surface area contributed by atoms with Crippen LogP contribution in [0.25, 0.3) is 0 Å². The van der Waals surface area contributed by atoms with Crippen molar-refractivity contribution in [1.29, 1.82) is 0 Å². The second kappa shape index (κ2) is 7.64. The van der Waals surface area contributed by atoms with E-state index in [1.165, 1.54) is 12.4 Å². The zero-order valence-corrected chi connectivity index (χ0v) is 13.3. The smallest absolute Gasteiger partial charge is 0.102 e. The third-order valence-corrected chi connectivity index (χ3v) is 3.61. The highest BCUT2D eigenvalue weighted by Crippen LogP contribution is 2.30. The van der Waals surface area contributed by atoms with Gasteiger partial charge in [0.1, 0.15) is 6.10 Å². The largest absolute Gasteiger partial charge is 0.367 e. The van der Waals surface area contributed by atoms with E-state index in [4.69, 9.17) is 37.5 Å². The van der Waals surface area contributed by atoms with Gasteiger partial charge < -0.3 is 9.30 Å². The maximum Gasteiger partial charge on any atom is 0.102 e. The van der Waals surface area contributed by atoms with Crippen molar-refractivity contribution in [2.75, 3.05) is 0 Å². The Kier molecular flexibility index (Phi) is 3.15. The Morgan fingerprint density at radius 1 is 1.26 bits per heavy atom. The number of nitrogens with zero attached hydrogens (tertiary/aromatic N) is 2. The summed E-state index contributed by atoms with van der Waals surface area (Å²) in [7, 11) is 0. The first kappa shape index (κ1) is 9.48. The van der Waals surface area contributed by atoms with E-state index >= 15 is 0 Å². The van der Waals surface area contributed by atoms with Gasteiger partial charge in [-0.15, -0.1) is 0 Å². The normalized spacial score (nSPS) is 17.2. The van der Waals surface area contributed by atoms with E-state index in [2.05, 4.69) is 4.98 Å². The minimum atomic E-state index is -2.72. The summed E-state index contributed by atoms with van der Waals surface area (Å²) in [5.41, 5.74) is -0.166. The Hall–Kier alpha value is -1.81. The highest BCUT2D eigenvalue weighted by Gasteiger charge is 2.17. The summed E-state index contributed by atoms with van der Waals surface area (Å²) in [4.78, 5) is 3.95. The van der Waals surface area contributed by atoms with Crippen LogP contribution in [0.15, 0.2) is 67.1 Å². The van der Waals surface area contributed by atoms with Crippen LogP contribution in [0.1, 0.15) is 26.8 Å². The lowest BCUT2D eigenvalue weighted by Crippen LogP contribution is -2.12. The number of ether oxygens (including phenoxy) is 1. The first-order valence-corrected chi connectivity index (χ1v) is 7.44. The van der Waals surface area contributed by atoms with E-state index in [0.29, 0.717) is 10.6 Å². The van der Waals surface area contributed by atoms with Gasteiger partial charge in [0.2, 0.25) is 0 Å². The van der Waals surface area contributed by atoms with Crippen LogP contribution in [-0.2, 0) is 17.8 Å². The third kappa shape index (κ3) is 4.35. The quantitative estimate of drug-likeness (QED) is 0.612. The maximum absolute atomic E-state index is 8.42. The molecule has 118 valence electrons. The molecule has 0 radical (unpaired) electrons. The zero-order chi connectivity index (χ0) is 22.2. The summed E-state index contributed by atoms with van der Waals surface area (Å²) in [6.45, 7) is -2.61. The molecule has 0 aliphatic carbocycles.